The molecule has 0 spiro atoms. The average Bonchev–Trinajstić information content (AvgIpc) is 3.13. The van der Waals surface area contributed by atoms with Crippen molar-refractivity contribution >= 4 is 32.4 Å². The number of anilines is 1. The lowest BCUT2D eigenvalue weighted by molar-refractivity contribution is 0.100. The van der Waals surface area contributed by atoms with Gasteiger partial charge in [-0.15, -0.1) is 0 Å². The molecule has 1 amide bonds. The van der Waals surface area contributed by atoms with Crippen molar-refractivity contribution < 1.29 is 13.2 Å². The number of carbonyl (C=O) groups is 1. The van der Waals surface area contributed by atoms with Gasteiger partial charge in [0.15, 0.2) is 0 Å². The highest BCUT2D eigenvalue weighted by atomic mass is 32.2. The van der Waals surface area contributed by atoms with Crippen molar-refractivity contribution in [2.75, 3.05) is 4.31 Å². The Labute approximate surface area is 214 Å². The second kappa shape index (κ2) is 9.18. The molecule has 186 valence electrons. The molecule has 3 aromatic carbocycles. The molecule has 0 saturated heterocycles. The minimum atomic E-state index is -4.55. The summed E-state index contributed by atoms with van der Waals surface area (Å²) in [5, 5.41) is 1.20. The fourth-order valence-electron chi connectivity index (χ4n) is 4.47. The Hall–Kier alpha value is -4.50. The van der Waals surface area contributed by atoms with Crippen LogP contribution < -0.4 is 9.86 Å². The van der Waals surface area contributed by atoms with Crippen LogP contribution >= 0.6 is 0 Å². The van der Waals surface area contributed by atoms with Crippen LogP contribution in [0, 0.1) is 13.8 Å². The van der Waals surface area contributed by atoms with E-state index < -0.39 is 21.5 Å². The molecule has 0 aliphatic carbocycles. The summed E-state index contributed by atoms with van der Waals surface area (Å²) in [6, 6.07) is 22.1. The van der Waals surface area contributed by atoms with Crippen molar-refractivity contribution in [3.8, 4) is 5.69 Å². The summed E-state index contributed by atoms with van der Waals surface area (Å²) in [4.78, 5) is 31.6. The van der Waals surface area contributed by atoms with E-state index in [4.69, 9.17) is 0 Å². The lowest BCUT2D eigenvalue weighted by Gasteiger charge is -2.22. The van der Waals surface area contributed by atoms with Gasteiger partial charge in [0, 0.05) is 24.8 Å². The van der Waals surface area contributed by atoms with E-state index in [1.165, 1.54) is 29.2 Å². The van der Waals surface area contributed by atoms with E-state index in [2.05, 4.69) is 4.98 Å². The van der Waals surface area contributed by atoms with Crippen LogP contribution in [-0.4, -0.2) is 28.7 Å². The number of sulfonamides is 1. The first kappa shape index (κ1) is 24.2. The zero-order chi connectivity index (χ0) is 26.3. The van der Waals surface area contributed by atoms with Crippen molar-refractivity contribution in [3.05, 3.63) is 118 Å². The molecule has 0 N–H and O–H groups in total. The predicted octanol–water partition coefficient (Wildman–Crippen LogP) is 4.38. The minimum absolute atomic E-state index is 0.0383. The van der Waals surface area contributed by atoms with E-state index in [9.17, 15) is 18.0 Å². The van der Waals surface area contributed by atoms with Crippen molar-refractivity contribution in [2.24, 2.45) is 7.05 Å². The zero-order valence-electron chi connectivity index (χ0n) is 20.5. The Balaban J connectivity index is 1.83. The highest BCUT2D eigenvalue weighted by Gasteiger charge is 2.38. The second-order valence-electron chi connectivity index (χ2n) is 8.65. The lowest BCUT2D eigenvalue weighted by Crippen LogP contribution is -2.40. The third-order valence-electron chi connectivity index (χ3n) is 6.44. The number of aromatic nitrogens is 3. The SMILES string of the molecule is Cc1ccc(S(=O)(=O)N(C(=O)c2cccnc2)c2c(C)n(C)n(-c3ccccc3)c2=O)c2ccccc12. The first-order chi connectivity index (χ1) is 17.7. The highest BCUT2D eigenvalue weighted by molar-refractivity contribution is 7.93. The van der Waals surface area contributed by atoms with Crippen molar-refractivity contribution in [1.29, 1.82) is 0 Å². The average molecular weight is 513 g/mol. The number of fused-ring (bicyclic) bond motifs is 1. The van der Waals surface area contributed by atoms with E-state index in [0.717, 1.165) is 10.9 Å². The van der Waals surface area contributed by atoms with Gasteiger partial charge in [0.25, 0.3) is 21.5 Å². The zero-order valence-corrected chi connectivity index (χ0v) is 21.3. The maximum Gasteiger partial charge on any atom is 0.296 e. The molecule has 5 rings (SSSR count). The van der Waals surface area contributed by atoms with Crippen LogP contribution in [0.4, 0.5) is 5.69 Å². The second-order valence-corrected chi connectivity index (χ2v) is 10.4. The molecule has 0 fully saturated rings. The molecule has 9 heteroatoms. The smallest absolute Gasteiger partial charge is 0.283 e. The van der Waals surface area contributed by atoms with Crippen molar-refractivity contribution in [1.82, 2.24) is 14.3 Å². The molecule has 2 heterocycles. The van der Waals surface area contributed by atoms with Crippen LogP contribution in [0.2, 0.25) is 0 Å². The maximum absolute atomic E-state index is 14.4. The fourth-order valence-corrected chi connectivity index (χ4v) is 6.14. The van der Waals surface area contributed by atoms with E-state index in [0.29, 0.717) is 21.1 Å². The van der Waals surface area contributed by atoms with Gasteiger partial charge in [-0.25, -0.2) is 13.1 Å². The normalized spacial score (nSPS) is 11.5. The van der Waals surface area contributed by atoms with Crippen LogP contribution in [0.5, 0.6) is 0 Å². The molecule has 0 bridgehead atoms. The summed E-state index contributed by atoms with van der Waals surface area (Å²) in [6.45, 7) is 3.50. The van der Waals surface area contributed by atoms with Gasteiger partial charge in [-0.2, -0.15) is 4.31 Å². The number of hydrogen-bond donors (Lipinski definition) is 0. The third-order valence-corrected chi connectivity index (χ3v) is 8.18. The molecule has 0 atom stereocenters. The number of hydrogen-bond acceptors (Lipinski definition) is 5. The molecule has 0 aliphatic rings. The van der Waals surface area contributed by atoms with Crippen LogP contribution in [0.1, 0.15) is 21.6 Å². The van der Waals surface area contributed by atoms with Gasteiger partial charge >= 0.3 is 0 Å². The first-order valence-corrected chi connectivity index (χ1v) is 13.0. The Morgan fingerprint density at radius 1 is 0.865 bits per heavy atom. The third kappa shape index (κ3) is 3.93. The number of benzene rings is 3. The summed E-state index contributed by atoms with van der Waals surface area (Å²) in [6.07, 6.45) is 2.77. The molecule has 37 heavy (non-hydrogen) atoms. The van der Waals surface area contributed by atoms with Gasteiger partial charge < -0.3 is 0 Å². The number of pyridine rings is 1. The van der Waals surface area contributed by atoms with Crippen molar-refractivity contribution in [3.63, 3.8) is 0 Å². The monoisotopic (exact) mass is 512 g/mol. The van der Waals surface area contributed by atoms with Crippen LogP contribution in [0.3, 0.4) is 0 Å². The summed E-state index contributed by atoms with van der Waals surface area (Å²) < 4.78 is 32.2. The molecule has 0 saturated carbocycles. The quantitative estimate of drug-likeness (QED) is 0.348. The number of amides is 1. The molecular formula is C28H24N4O4S. The molecule has 8 nitrogen and oxygen atoms in total. The molecule has 0 aliphatic heterocycles. The topological polar surface area (TPSA) is 94.3 Å². The summed E-state index contributed by atoms with van der Waals surface area (Å²) >= 11 is 0. The Kier molecular flexibility index (Phi) is 6.01. The van der Waals surface area contributed by atoms with E-state index in [1.807, 2.05) is 25.1 Å². The first-order valence-electron chi connectivity index (χ1n) is 11.6. The van der Waals surface area contributed by atoms with Crippen molar-refractivity contribution in [2.45, 2.75) is 18.7 Å². The number of nitrogens with zero attached hydrogens (tertiary/aromatic N) is 4. The number of rotatable bonds is 5. The van der Waals surface area contributed by atoms with E-state index >= 15 is 0 Å². The van der Waals surface area contributed by atoms with E-state index in [1.54, 1.807) is 67.2 Å². The fraction of sp³-hybridized carbons (Fsp3) is 0.107. The maximum atomic E-state index is 14.4. The number of aryl methyl sites for hydroxylation is 1. The van der Waals surface area contributed by atoms with Crippen LogP contribution in [0.15, 0.2) is 101 Å². The lowest BCUT2D eigenvalue weighted by atomic mass is 10.1. The Morgan fingerprint density at radius 2 is 1.54 bits per heavy atom. The molecular weight excluding hydrogens is 488 g/mol. The minimum Gasteiger partial charge on any atom is -0.283 e. The highest BCUT2D eigenvalue weighted by Crippen LogP contribution is 2.32. The van der Waals surface area contributed by atoms with Gasteiger partial charge in [-0.05, 0) is 55.1 Å². The molecule has 0 radical (unpaired) electrons. The van der Waals surface area contributed by atoms with E-state index in [-0.39, 0.29) is 16.1 Å². The van der Waals surface area contributed by atoms with Gasteiger partial charge in [-0.1, -0.05) is 48.5 Å². The van der Waals surface area contributed by atoms with Crippen LogP contribution in [0.25, 0.3) is 16.5 Å². The van der Waals surface area contributed by atoms with Gasteiger partial charge in [0.1, 0.15) is 5.69 Å². The summed E-state index contributed by atoms with van der Waals surface area (Å²) in [5.41, 5.74) is 0.897. The summed E-state index contributed by atoms with van der Waals surface area (Å²) in [5.74, 6) is -0.872. The molecule has 2 aromatic heterocycles. The molecule has 5 aromatic rings. The largest absolute Gasteiger partial charge is 0.296 e. The Bertz CT molecular complexity index is 1810. The summed E-state index contributed by atoms with van der Waals surface area (Å²) in [7, 11) is -2.90. The standard InChI is InChI=1S/C28H24N4O4S/c1-19-15-16-25(24-14-8-7-13-23(19)24)37(35,36)32(27(33)21-10-9-17-29-18-21)26-20(2)30(3)31(28(26)34)22-11-5-4-6-12-22/h4-18H,1-3H3. The van der Waals surface area contributed by atoms with Gasteiger partial charge in [0.05, 0.1) is 21.8 Å². The van der Waals surface area contributed by atoms with Crippen LogP contribution in [-0.2, 0) is 17.1 Å². The number of carbonyl (C=O) groups excluding carboxylic acids is 1. The molecule has 0 unspecified atom stereocenters. The Morgan fingerprint density at radius 3 is 2.22 bits per heavy atom. The predicted molar refractivity (Wildman–Crippen MR) is 143 cm³/mol. The number of para-hydroxylation sites is 1. The van der Waals surface area contributed by atoms with Gasteiger partial charge in [0.2, 0.25) is 0 Å². The van der Waals surface area contributed by atoms with Gasteiger partial charge in [-0.3, -0.25) is 19.3 Å².